The van der Waals surface area contributed by atoms with Crippen molar-refractivity contribution in [2.24, 2.45) is 0 Å². The van der Waals surface area contributed by atoms with Gasteiger partial charge in [-0.25, -0.2) is 0 Å². The van der Waals surface area contributed by atoms with Crippen LogP contribution in [0.1, 0.15) is 17.3 Å². The van der Waals surface area contributed by atoms with Crippen LogP contribution in [0.25, 0.3) is 0 Å². The van der Waals surface area contributed by atoms with E-state index in [0.717, 1.165) is 0 Å². The van der Waals surface area contributed by atoms with Crippen molar-refractivity contribution in [1.82, 2.24) is 0 Å². The monoisotopic (exact) mass is 327 g/mol. The van der Waals surface area contributed by atoms with Crippen LogP contribution in [0.15, 0.2) is 12.1 Å². The lowest BCUT2D eigenvalue weighted by atomic mass is 10.1. The molecule has 0 unspecified atom stereocenters. The minimum Gasteiger partial charge on any atom is -0.434 e. The third-order valence-electron chi connectivity index (χ3n) is 1.66. The number of benzene rings is 1. The second-order valence-corrected chi connectivity index (χ2v) is 3.89. The molecule has 0 aliphatic heterocycles. The van der Waals surface area contributed by atoms with Crippen molar-refractivity contribution < 1.29 is 18.3 Å². The minimum atomic E-state index is -2.93. The van der Waals surface area contributed by atoms with Gasteiger partial charge in [0.15, 0.2) is 5.78 Å². The van der Waals surface area contributed by atoms with Gasteiger partial charge < -0.3 is 10.5 Å². The van der Waals surface area contributed by atoms with Crippen LogP contribution in [0.4, 0.5) is 14.5 Å². The van der Waals surface area contributed by atoms with Crippen molar-refractivity contribution in [3.05, 3.63) is 21.3 Å². The standard InChI is InChI=1S/C9H8F2INO2/c1-4(14)6-2-5(13)3-7(8(6)12)15-9(10)11/h2-3,9H,13H2,1H3. The number of nitrogen functional groups attached to an aromatic ring is 1. The molecule has 0 radical (unpaired) electrons. The van der Waals surface area contributed by atoms with E-state index in [2.05, 4.69) is 4.74 Å². The Morgan fingerprint density at radius 3 is 2.60 bits per heavy atom. The molecule has 0 saturated heterocycles. The maximum Gasteiger partial charge on any atom is 0.387 e. The van der Waals surface area contributed by atoms with Gasteiger partial charge in [-0.15, -0.1) is 0 Å². The Morgan fingerprint density at radius 1 is 1.53 bits per heavy atom. The van der Waals surface area contributed by atoms with E-state index in [0.29, 0.717) is 3.57 Å². The lowest BCUT2D eigenvalue weighted by Gasteiger charge is -2.10. The number of alkyl halides is 2. The van der Waals surface area contributed by atoms with E-state index in [1.807, 2.05) is 0 Å². The highest BCUT2D eigenvalue weighted by atomic mass is 127. The Hall–Kier alpha value is -0.920. The summed E-state index contributed by atoms with van der Waals surface area (Å²) in [6.07, 6.45) is 0. The Morgan fingerprint density at radius 2 is 2.13 bits per heavy atom. The Balaban J connectivity index is 3.22. The highest BCUT2D eigenvalue weighted by Gasteiger charge is 2.15. The van der Waals surface area contributed by atoms with E-state index in [4.69, 9.17) is 5.73 Å². The first-order valence-electron chi connectivity index (χ1n) is 3.96. The average molecular weight is 327 g/mol. The number of nitrogens with two attached hydrogens (primary N) is 1. The van der Waals surface area contributed by atoms with Gasteiger partial charge in [-0.1, -0.05) is 0 Å². The van der Waals surface area contributed by atoms with Crippen molar-refractivity contribution in [3.63, 3.8) is 0 Å². The number of anilines is 1. The van der Waals surface area contributed by atoms with Crippen LogP contribution < -0.4 is 10.5 Å². The van der Waals surface area contributed by atoms with Crippen LogP contribution in [0.2, 0.25) is 0 Å². The Kier molecular flexibility index (Phi) is 3.83. The zero-order valence-electron chi connectivity index (χ0n) is 7.76. The topological polar surface area (TPSA) is 52.3 Å². The molecule has 0 aliphatic carbocycles. The number of halogens is 3. The van der Waals surface area contributed by atoms with Gasteiger partial charge in [0.1, 0.15) is 5.75 Å². The van der Waals surface area contributed by atoms with Crippen molar-refractivity contribution in [1.29, 1.82) is 0 Å². The van der Waals surface area contributed by atoms with Crippen LogP contribution in [0, 0.1) is 3.57 Å². The summed E-state index contributed by atoms with van der Waals surface area (Å²) >= 11 is 1.77. The number of carbonyl (C=O) groups is 1. The Bertz CT molecular complexity index is 396. The fraction of sp³-hybridized carbons (Fsp3) is 0.222. The van der Waals surface area contributed by atoms with E-state index in [-0.39, 0.29) is 22.8 Å². The zero-order valence-corrected chi connectivity index (χ0v) is 9.92. The highest BCUT2D eigenvalue weighted by molar-refractivity contribution is 14.1. The van der Waals surface area contributed by atoms with Gasteiger partial charge in [0.25, 0.3) is 0 Å². The fourth-order valence-electron chi connectivity index (χ4n) is 1.06. The first-order chi connectivity index (χ1) is 6.91. The summed E-state index contributed by atoms with van der Waals surface area (Å²) in [4.78, 5) is 11.2. The van der Waals surface area contributed by atoms with E-state index in [1.165, 1.54) is 19.1 Å². The third kappa shape index (κ3) is 3.01. The summed E-state index contributed by atoms with van der Waals surface area (Å²) in [7, 11) is 0. The molecule has 1 rings (SSSR count). The normalized spacial score (nSPS) is 10.5. The fourth-order valence-corrected chi connectivity index (χ4v) is 1.88. The number of hydrogen-bond donors (Lipinski definition) is 1. The minimum absolute atomic E-state index is 0.0733. The Labute approximate surface area is 98.7 Å². The number of carbonyl (C=O) groups excluding carboxylic acids is 1. The van der Waals surface area contributed by atoms with E-state index in [9.17, 15) is 13.6 Å². The summed E-state index contributed by atoms with van der Waals surface area (Å²) in [5.41, 5.74) is 5.96. The molecule has 0 aliphatic rings. The predicted octanol–water partition coefficient (Wildman–Crippen LogP) is 2.68. The van der Waals surface area contributed by atoms with Crippen LogP contribution in [0.3, 0.4) is 0 Å². The number of Topliss-reactive ketones (excluding diaryl/α,β-unsaturated/α-hetero) is 1. The average Bonchev–Trinajstić information content (AvgIpc) is 2.09. The maximum atomic E-state index is 12.0. The molecule has 0 saturated carbocycles. The number of hydrogen-bond acceptors (Lipinski definition) is 3. The van der Waals surface area contributed by atoms with Crippen molar-refractivity contribution in [2.75, 3.05) is 5.73 Å². The molecule has 6 heteroatoms. The molecule has 0 heterocycles. The zero-order chi connectivity index (χ0) is 11.6. The van der Waals surface area contributed by atoms with E-state index in [1.54, 1.807) is 22.6 Å². The SMILES string of the molecule is CC(=O)c1cc(N)cc(OC(F)F)c1I. The molecule has 0 atom stereocenters. The van der Waals surface area contributed by atoms with Crippen LogP contribution in [-0.2, 0) is 0 Å². The maximum absolute atomic E-state index is 12.0. The van der Waals surface area contributed by atoms with Crippen molar-refractivity contribution in [2.45, 2.75) is 13.5 Å². The van der Waals surface area contributed by atoms with E-state index < -0.39 is 6.61 Å². The largest absolute Gasteiger partial charge is 0.434 e. The molecule has 3 nitrogen and oxygen atoms in total. The third-order valence-corrected chi connectivity index (χ3v) is 2.77. The first-order valence-corrected chi connectivity index (χ1v) is 5.04. The number of ketones is 1. The molecule has 0 bridgehead atoms. The summed E-state index contributed by atoms with van der Waals surface area (Å²) in [6.45, 7) is -1.59. The summed E-state index contributed by atoms with van der Waals surface area (Å²) in [5.74, 6) is -0.318. The number of ether oxygens (including phenoxy) is 1. The molecule has 15 heavy (non-hydrogen) atoms. The molecule has 1 aromatic carbocycles. The molecule has 82 valence electrons. The van der Waals surface area contributed by atoms with Gasteiger partial charge in [0.2, 0.25) is 0 Å². The van der Waals surface area contributed by atoms with Gasteiger partial charge in [-0.2, -0.15) is 8.78 Å². The second kappa shape index (κ2) is 4.73. The van der Waals surface area contributed by atoms with Crippen LogP contribution in [-0.4, -0.2) is 12.4 Å². The van der Waals surface area contributed by atoms with Gasteiger partial charge in [0.05, 0.1) is 3.57 Å². The lowest BCUT2D eigenvalue weighted by Crippen LogP contribution is -2.07. The quantitative estimate of drug-likeness (QED) is 0.528. The molecule has 0 fully saturated rings. The summed E-state index contributed by atoms with van der Waals surface area (Å²) < 4.78 is 28.6. The molecule has 0 aromatic heterocycles. The van der Waals surface area contributed by atoms with Gasteiger partial charge in [-0.3, -0.25) is 4.79 Å². The number of rotatable bonds is 3. The van der Waals surface area contributed by atoms with Gasteiger partial charge in [-0.05, 0) is 35.6 Å². The molecule has 0 spiro atoms. The highest BCUT2D eigenvalue weighted by Crippen LogP contribution is 2.29. The molecular weight excluding hydrogens is 319 g/mol. The smallest absolute Gasteiger partial charge is 0.387 e. The molecule has 1 aromatic rings. The summed E-state index contributed by atoms with van der Waals surface area (Å²) in [6, 6.07) is 2.70. The van der Waals surface area contributed by atoms with Gasteiger partial charge >= 0.3 is 6.61 Å². The predicted molar refractivity (Wildman–Crippen MR) is 60.2 cm³/mol. The first kappa shape index (κ1) is 12.2. The lowest BCUT2D eigenvalue weighted by molar-refractivity contribution is -0.0504. The van der Waals surface area contributed by atoms with Crippen molar-refractivity contribution in [3.8, 4) is 5.75 Å². The summed E-state index contributed by atoms with van der Waals surface area (Å²) in [5, 5.41) is 0. The van der Waals surface area contributed by atoms with Crippen LogP contribution >= 0.6 is 22.6 Å². The molecular formula is C9H8F2INO2. The molecule has 0 amide bonds. The van der Waals surface area contributed by atoms with Gasteiger partial charge in [0, 0.05) is 17.3 Å². The van der Waals surface area contributed by atoms with E-state index >= 15 is 0 Å². The van der Waals surface area contributed by atoms with Crippen LogP contribution in [0.5, 0.6) is 5.75 Å². The second-order valence-electron chi connectivity index (χ2n) is 2.82. The van der Waals surface area contributed by atoms with Crippen molar-refractivity contribution >= 4 is 34.1 Å². The molecule has 2 N–H and O–H groups in total.